The normalized spacial score (nSPS) is 15.3. The quantitative estimate of drug-likeness (QED) is 0.797. The van der Waals surface area contributed by atoms with E-state index in [2.05, 4.69) is 5.10 Å². The molecular weight excluding hydrogens is 260 g/mol. The molecule has 0 radical (unpaired) electrons. The van der Waals surface area contributed by atoms with E-state index in [1.54, 1.807) is 34.5 Å². The summed E-state index contributed by atoms with van der Waals surface area (Å²) in [7, 11) is 1.76. The lowest BCUT2D eigenvalue weighted by Crippen LogP contribution is -2.51. The van der Waals surface area contributed by atoms with Crippen molar-refractivity contribution in [1.29, 1.82) is 0 Å². The summed E-state index contributed by atoms with van der Waals surface area (Å²) in [5.74, 6) is -0.0448. The zero-order valence-electron chi connectivity index (χ0n) is 12.1. The average Bonchev–Trinajstić information content (AvgIpc) is 2.77. The third-order valence-corrected chi connectivity index (χ3v) is 3.31. The molecule has 1 saturated heterocycles. The first-order chi connectivity index (χ1) is 9.52. The molecule has 0 N–H and O–H groups in total. The van der Waals surface area contributed by atoms with Gasteiger partial charge in [-0.3, -0.25) is 9.48 Å². The smallest absolute Gasteiger partial charge is 0.409 e. The molecule has 1 fully saturated rings. The predicted octanol–water partition coefficient (Wildman–Crippen LogP) is 0.643. The monoisotopic (exact) mass is 280 g/mol. The number of ether oxygens (including phenoxy) is 1. The van der Waals surface area contributed by atoms with Gasteiger partial charge < -0.3 is 14.5 Å². The molecule has 110 valence electrons. The van der Waals surface area contributed by atoms with Crippen LogP contribution in [0.1, 0.15) is 23.1 Å². The lowest BCUT2D eigenvalue weighted by Gasteiger charge is -2.33. The lowest BCUT2D eigenvalue weighted by molar-refractivity contribution is 0.0562. The van der Waals surface area contributed by atoms with Crippen LogP contribution in [0.4, 0.5) is 4.79 Å². The summed E-state index contributed by atoms with van der Waals surface area (Å²) in [4.78, 5) is 27.3. The number of aryl methyl sites for hydroxylation is 2. The minimum Gasteiger partial charge on any atom is -0.450 e. The second-order valence-corrected chi connectivity index (χ2v) is 4.77. The molecule has 7 nitrogen and oxygen atoms in total. The van der Waals surface area contributed by atoms with Crippen LogP contribution in [0.15, 0.2) is 6.07 Å². The van der Waals surface area contributed by atoms with Gasteiger partial charge in [0.2, 0.25) is 0 Å². The van der Waals surface area contributed by atoms with Gasteiger partial charge in [0, 0.05) is 33.2 Å². The first-order valence-electron chi connectivity index (χ1n) is 6.74. The lowest BCUT2D eigenvalue weighted by atomic mass is 10.2. The highest BCUT2D eigenvalue weighted by Gasteiger charge is 2.26. The van der Waals surface area contributed by atoms with Crippen LogP contribution >= 0.6 is 0 Å². The number of nitrogens with zero attached hydrogens (tertiary/aromatic N) is 4. The predicted molar refractivity (Wildman–Crippen MR) is 72.4 cm³/mol. The Morgan fingerprint density at radius 1 is 1.25 bits per heavy atom. The summed E-state index contributed by atoms with van der Waals surface area (Å²) in [6.45, 7) is 6.04. The Kier molecular flexibility index (Phi) is 4.26. The molecule has 0 bridgehead atoms. The van der Waals surface area contributed by atoms with Crippen molar-refractivity contribution in [2.24, 2.45) is 7.05 Å². The third kappa shape index (κ3) is 2.92. The number of amides is 2. The van der Waals surface area contributed by atoms with Crippen LogP contribution < -0.4 is 0 Å². The number of carbonyl (C=O) groups excluding carboxylic acids is 2. The van der Waals surface area contributed by atoms with Crippen molar-refractivity contribution in [1.82, 2.24) is 19.6 Å². The van der Waals surface area contributed by atoms with E-state index in [4.69, 9.17) is 4.74 Å². The van der Waals surface area contributed by atoms with E-state index >= 15 is 0 Å². The molecule has 1 aromatic heterocycles. The SMILES string of the molecule is CCOC(=O)N1CCN(C(=O)c2cc(C)nn2C)CC1. The van der Waals surface area contributed by atoms with Gasteiger partial charge in [-0.25, -0.2) is 4.79 Å². The van der Waals surface area contributed by atoms with E-state index < -0.39 is 0 Å². The fourth-order valence-corrected chi connectivity index (χ4v) is 2.28. The van der Waals surface area contributed by atoms with Gasteiger partial charge in [-0.05, 0) is 19.9 Å². The van der Waals surface area contributed by atoms with Crippen LogP contribution in [0.2, 0.25) is 0 Å². The van der Waals surface area contributed by atoms with Crippen LogP contribution in [-0.4, -0.2) is 64.4 Å². The molecule has 0 spiro atoms. The van der Waals surface area contributed by atoms with Gasteiger partial charge in [0.1, 0.15) is 5.69 Å². The Hall–Kier alpha value is -2.05. The van der Waals surface area contributed by atoms with E-state index in [9.17, 15) is 9.59 Å². The highest BCUT2D eigenvalue weighted by molar-refractivity contribution is 5.92. The van der Waals surface area contributed by atoms with Gasteiger partial charge >= 0.3 is 6.09 Å². The summed E-state index contributed by atoms with van der Waals surface area (Å²) < 4.78 is 6.55. The zero-order valence-corrected chi connectivity index (χ0v) is 12.1. The minimum absolute atomic E-state index is 0.0448. The van der Waals surface area contributed by atoms with E-state index in [1.807, 2.05) is 6.92 Å². The number of rotatable bonds is 2. The maximum Gasteiger partial charge on any atom is 0.409 e. The van der Waals surface area contributed by atoms with Crippen molar-refractivity contribution >= 4 is 12.0 Å². The minimum atomic E-state index is -0.309. The van der Waals surface area contributed by atoms with Crippen molar-refractivity contribution in [3.63, 3.8) is 0 Å². The summed E-state index contributed by atoms with van der Waals surface area (Å²) in [5.41, 5.74) is 1.40. The molecule has 7 heteroatoms. The summed E-state index contributed by atoms with van der Waals surface area (Å²) in [6.07, 6.45) is -0.309. The van der Waals surface area contributed by atoms with Crippen LogP contribution in [0.25, 0.3) is 0 Å². The zero-order chi connectivity index (χ0) is 14.7. The maximum absolute atomic E-state index is 12.4. The van der Waals surface area contributed by atoms with Crippen LogP contribution in [0, 0.1) is 6.92 Å². The van der Waals surface area contributed by atoms with Gasteiger partial charge in [0.25, 0.3) is 5.91 Å². The second kappa shape index (κ2) is 5.94. The molecule has 2 amide bonds. The molecule has 2 rings (SSSR count). The topological polar surface area (TPSA) is 67.7 Å². The van der Waals surface area contributed by atoms with Crippen LogP contribution in [-0.2, 0) is 11.8 Å². The number of aromatic nitrogens is 2. The van der Waals surface area contributed by atoms with Crippen molar-refractivity contribution in [2.75, 3.05) is 32.8 Å². The summed E-state index contributed by atoms with van der Waals surface area (Å²) >= 11 is 0. The largest absolute Gasteiger partial charge is 0.450 e. The van der Waals surface area contributed by atoms with Crippen molar-refractivity contribution in [3.05, 3.63) is 17.5 Å². The highest BCUT2D eigenvalue weighted by Crippen LogP contribution is 2.10. The number of hydrogen-bond acceptors (Lipinski definition) is 4. The van der Waals surface area contributed by atoms with Gasteiger partial charge in [-0.2, -0.15) is 5.10 Å². The van der Waals surface area contributed by atoms with E-state index in [0.29, 0.717) is 38.5 Å². The van der Waals surface area contributed by atoms with Crippen molar-refractivity contribution in [3.8, 4) is 0 Å². The molecule has 2 heterocycles. The fraction of sp³-hybridized carbons (Fsp3) is 0.615. The molecule has 20 heavy (non-hydrogen) atoms. The summed E-state index contributed by atoms with van der Waals surface area (Å²) in [5, 5.41) is 4.18. The van der Waals surface area contributed by atoms with E-state index in [-0.39, 0.29) is 12.0 Å². The van der Waals surface area contributed by atoms with Gasteiger partial charge in [0.05, 0.1) is 12.3 Å². The second-order valence-electron chi connectivity index (χ2n) is 4.77. The summed E-state index contributed by atoms with van der Waals surface area (Å²) in [6, 6.07) is 1.78. The standard InChI is InChI=1S/C13H20N4O3/c1-4-20-13(19)17-7-5-16(6-8-17)12(18)11-9-10(2)14-15(11)3/h9H,4-8H2,1-3H3. The van der Waals surface area contributed by atoms with Gasteiger partial charge in [-0.1, -0.05) is 0 Å². The van der Waals surface area contributed by atoms with Crippen LogP contribution in [0.5, 0.6) is 0 Å². The van der Waals surface area contributed by atoms with Gasteiger partial charge in [0.15, 0.2) is 0 Å². The third-order valence-electron chi connectivity index (χ3n) is 3.31. The Labute approximate surface area is 118 Å². The molecule has 0 atom stereocenters. The molecule has 1 aliphatic heterocycles. The Bertz CT molecular complexity index is 504. The highest BCUT2D eigenvalue weighted by atomic mass is 16.6. The average molecular weight is 280 g/mol. The van der Waals surface area contributed by atoms with Gasteiger partial charge in [-0.15, -0.1) is 0 Å². The molecule has 0 aromatic carbocycles. The van der Waals surface area contributed by atoms with Crippen molar-refractivity contribution in [2.45, 2.75) is 13.8 Å². The Balaban J connectivity index is 1.95. The van der Waals surface area contributed by atoms with Crippen molar-refractivity contribution < 1.29 is 14.3 Å². The number of piperazine rings is 1. The molecule has 0 aliphatic carbocycles. The van der Waals surface area contributed by atoms with E-state index in [1.165, 1.54) is 0 Å². The fourth-order valence-electron chi connectivity index (χ4n) is 2.28. The molecule has 0 unspecified atom stereocenters. The first-order valence-corrected chi connectivity index (χ1v) is 6.74. The Morgan fingerprint density at radius 3 is 2.35 bits per heavy atom. The molecule has 1 aliphatic rings. The molecular formula is C13H20N4O3. The molecule has 1 aromatic rings. The molecule has 0 saturated carbocycles. The first kappa shape index (κ1) is 14.4. The maximum atomic E-state index is 12.4. The number of carbonyl (C=O) groups is 2. The number of hydrogen-bond donors (Lipinski definition) is 0. The van der Waals surface area contributed by atoms with E-state index in [0.717, 1.165) is 5.69 Å². The Morgan fingerprint density at radius 2 is 1.85 bits per heavy atom. The van der Waals surface area contributed by atoms with Crippen LogP contribution in [0.3, 0.4) is 0 Å².